The predicted molar refractivity (Wildman–Crippen MR) is 85.3 cm³/mol. The van der Waals surface area contributed by atoms with Crippen molar-refractivity contribution in [1.29, 1.82) is 0 Å². The molecule has 0 aliphatic heterocycles. The molecule has 1 aromatic rings. The number of nitrogens with one attached hydrogen (secondary N) is 1. The summed E-state index contributed by atoms with van der Waals surface area (Å²) in [7, 11) is -3.39. The highest BCUT2D eigenvalue weighted by atomic mass is 32.2. The highest BCUT2D eigenvalue weighted by Crippen LogP contribution is 2.17. The molecule has 0 aliphatic carbocycles. The first kappa shape index (κ1) is 17.7. The molecule has 1 amide bonds. The van der Waals surface area contributed by atoms with Crippen LogP contribution in [-0.2, 0) is 9.84 Å². The van der Waals surface area contributed by atoms with Crippen LogP contribution in [0.15, 0.2) is 29.2 Å². The Morgan fingerprint density at radius 3 is 2.43 bits per heavy atom. The minimum absolute atomic E-state index is 0.0633. The van der Waals surface area contributed by atoms with Crippen molar-refractivity contribution in [2.24, 2.45) is 0 Å². The molecule has 1 aromatic carbocycles. The summed E-state index contributed by atoms with van der Waals surface area (Å²) < 4.78 is 24.4. The van der Waals surface area contributed by atoms with Crippen molar-refractivity contribution in [1.82, 2.24) is 5.32 Å². The molecule has 0 saturated carbocycles. The average Bonchev–Trinajstić information content (AvgIpc) is 2.47. The smallest absolute Gasteiger partial charge is 0.252 e. The average molecular weight is 311 g/mol. The predicted octanol–water partition coefficient (Wildman–Crippen LogP) is 3.18. The van der Waals surface area contributed by atoms with Gasteiger partial charge in [0.15, 0.2) is 9.84 Å². The Labute approximate surface area is 127 Å². The summed E-state index contributed by atoms with van der Waals surface area (Å²) in [6.45, 7) is 4.53. The van der Waals surface area contributed by atoms with Crippen LogP contribution in [0.4, 0.5) is 0 Å². The summed E-state index contributed by atoms with van der Waals surface area (Å²) >= 11 is 0. The van der Waals surface area contributed by atoms with Gasteiger partial charge in [0.1, 0.15) is 0 Å². The van der Waals surface area contributed by atoms with Gasteiger partial charge >= 0.3 is 0 Å². The molecule has 1 N–H and O–H groups in total. The second-order valence-corrected chi connectivity index (χ2v) is 7.21. The van der Waals surface area contributed by atoms with Crippen LogP contribution in [0.3, 0.4) is 0 Å². The molecule has 1 rings (SSSR count). The van der Waals surface area contributed by atoms with Crippen LogP contribution in [0, 0.1) is 0 Å². The van der Waals surface area contributed by atoms with Gasteiger partial charge in [-0.05, 0) is 25.0 Å². The van der Waals surface area contributed by atoms with E-state index in [1.807, 2.05) is 6.92 Å². The monoisotopic (exact) mass is 311 g/mol. The Bertz CT molecular complexity index is 552. The molecule has 0 aromatic heterocycles. The summed E-state index contributed by atoms with van der Waals surface area (Å²) in [5.74, 6) is -0.241. The Morgan fingerprint density at radius 1 is 1.05 bits per heavy atom. The minimum Gasteiger partial charge on any atom is -0.352 e. The molecule has 4 nitrogen and oxygen atoms in total. The van der Waals surface area contributed by atoms with Crippen LogP contribution >= 0.6 is 0 Å². The third-order valence-electron chi connectivity index (χ3n) is 3.26. The first-order valence-corrected chi connectivity index (χ1v) is 9.28. The van der Waals surface area contributed by atoms with E-state index in [-0.39, 0.29) is 22.1 Å². The minimum atomic E-state index is -3.39. The van der Waals surface area contributed by atoms with Crippen LogP contribution < -0.4 is 5.32 Å². The van der Waals surface area contributed by atoms with Gasteiger partial charge < -0.3 is 5.32 Å². The van der Waals surface area contributed by atoms with E-state index in [1.165, 1.54) is 6.07 Å². The zero-order valence-corrected chi connectivity index (χ0v) is 13.7. The van der Waals surface area contributed by atoms with Gasteiger partial charge in [0.05, 0.1) is 16.2 Å². The molecule has 0 bridgehead atoms. The highest BCUT2D eigenvalue weighted by molar-refractivity contribution is 7.91. The van der Waals surface area contributed by atoms with Crippen LogP contribution in [0.2, 0.25) is 0 Å². The molecule has 21 heavy (non-hydrogen) atoms. The highest BCUT2D eigenvalue weighted by Gasteiger charge is 2.20. The fraction of sp³-hybridized carbons (Fsp3) is 0.562. The second-order valence-electron chi connectivity index (χ2n) is 5.13. The number of hydrogen-bond donors (Lipinski definition) is 1. The molecule has 118 valence electrons. The van der Waals surface area contributed by atoms with Crippen molar-refractivity contribution in [3.05, 3.63) is 29.8 Å². The SMILES string of the molecule is CCCCCCNC(=O)c1ccccc1S(=O)(=O)CCC. The Balaban J connectivity index is 2.77. The molecular weight excluding hydrogens is 286 g/mol. The lowest BCUT2D eigenvalue weighted by molar-refractivity contribution is 0.0949. The van der Waals surface area contributed by atoms with E-state index in [9.17, 15) is 13.2 Å². The maximum atomic E-state index is 12.2. The van der Waals surface area contributed by atoms with Crippen molar-refractivity contribution in [3.8, 4) is 0 Å². The Morgan fingerprint density at radius 2 is 1.76 bits per heavy atom. The molecule has 0 radical (unpaired) electrons. The second kappa shape index (κ2) is 8.82. The molecule has 0 spiro atoms. The van der Waals surface area contributed by atoms with Gasteiger partial charge in [-0.25, -0.2) is 8.42 Å². The molecule has 0 fully saturated rings. The standard InChI is InChI=1S/C16H25NO3S/c1-3-5-6-9-12-17-16(18)14-10-7-8-11-15(14)21(19,20)13-4-2/h7-8,10-11H,3-6,9,12-13H2,1-2H3,(H,17,18). The normalized spacial score (nSPS) is 11.3. The number of benzene rings is 1. The number of unbranched alkanes of at least 4 members (excludes halogenated alkanes) is 3. The first-order chi connectivity index (χ1) is 10.0. The van der Waals surface area contributed by atoms with E-state index in [1.54, 1.807) is 18.2 Å². The van der Waals surface area contributed by atoms with Crippen LogP contribution in [0.1, 0.15) is 56.3 Å². The first-order valence-electron chi connectivity index (χ1n) is 7.63. The molecule has 5 heteroatoms. The van der Waals surface area contributed by atoms with Crippen molar-refractivity contribution in [2.75, 3.05) is 12.3 Å². The number of carbonyl (C=O) groups is 1. The van der Waals surface area contributed by atoms with Gasteiger partial charge in [0.25, 0.3) is 5.91 Å². The van der Waals surface area contributed by atoms with E-state index in [4.69, 9.17) is 0 Å². The summed E-state index contributed by atoms with van der Waals surface area (Å²) in [5, 5.41) is 2.81. The van der Waals surface area contributed by atoms with Gasteiger partial charge in [-0.15, -0.1) is 0 Å². The number of amides is 1. The fourth-order valence-electron chi connectivity index (χ4n) is 2.15. The lowest BCUT2D eigenvalue weighted by Gasteiger charge is -2.10. The van der Waals surface area contributed by atoms with Gasteiger partial charge in [0.2, 0.25) is 0 Å². The van der Waals surface area contributed by atoms with Crippen molar-refractivity contribution >= 4 is 15.7 Å². The summed E-state index contributed by atoms with van der Waals surface area (Å²) in [4.78, 5) is 12.3. The maximum Gasteiger partial charge on any atom is 0.252 e. The van der Waals surface area contributed by atoms with Crippen molar-refractivity contribution < 1.29 is 13.2 Å². The van der Waals surface area contributed by atoms with E-state index < -0.39 is 9.84 Å². The van der Waals surface area contributed by atoms with Crippen LogP contribution in [0.25, 0.3) is 0 Å². The van der Waals surface area contributed by atoms with Gasteiger partial charge in [-0.3, -0.25) is 4.79 Å². The van der Waals surface area contributed by atoms with Crippen LogP contribution in [-0.4, -0.2) is 26.6 Å². The summed E-state index contributed by atoms with van der Waals surface area (Å²) in [6.07, 6.45) is 4.83. The quantitative estimate of drug-likeness (QED) is 0.712. The molecule has 0 saturated heterocycles. The van der Waals surface area contributed by atoms with E-state index >= 15 is 0 Å². The topological polar surface area (TPSA) is 63.2 Å². The summed E-state index contributed by atoms with van der Waals surface area (Å²) in [6, 6.07) is 6.43. The van der Waals surface area contributed by atoms with E-state index in [2.05, 4.69) is 12.2 Å². The third kappa shape index (κ3) is 5.50. The van der Waals surface area contributed by atoms with Crippen molar-refractivity contribution in [3.63, 3.8) is 0 Å². The number of rotatable bonds is 9. The summed E-state index contributed by atoms with van der Waals surface area (Å²) in [5.41, 5.74) is 0.251. The molecular formula is C16H25NO3S. The fourth-order valence-corrected chi connectivity index (χ4v) is 3.69. The third-order valence-corrected chi connectivity index (χ3v) is 5.23. The number of hydrogen-bond acceptors (Lipinski definition) is 3. The maximum absolute atomic E-state index is 12.2. The lowest BCUT2D eigenvalue weighted by atomic mass is 10.2. The molecule has 0 atom stereocenters. The molecule has 0 aliphatic rings. The van der Waals surface area contributed by atoms with E-state index in [0.29, 0.717) is 13.0 Å². The van der Waals surface area contributed by atoms with Crippen LogP contribution in [0.5, 0.6) is 0 Å². The number of sulfone groups is 1. The zero-order chi connectivity index (χ0) is 15.7. The van der Waals surface area contributed by atoms with Gasteiger partial charge in [-0.1, -0.05) is 45.2 Å². The van der Waals surface area contributed by atoms with Crippen molar-refractivity contribution in [2.45, 2.75) is 50.8 Å². The zero-order valence-electron chi connectivity index (χ0n) is 12.9. The Hall–Kier alpha value is -1.36. The largest absolute Gasteiger partial charge is 0.352 e. The molecule has 0 heterocycles. The Kier molecular flexibility index (Phi) is 7.43. The van der Waals surface area contributed by atoms with E-state index in [0.717, 1.165) is 25.7 Å². The molecule has 0 unspecified atom stereocenters. The lowest BCUT2D eigenvalue weighted by Crippen LogP contribution is -2.26. The van der Waals surface area contributed by atoms with Gasteiger partial charge in [-0.2, -0.15) is 0 Å². The number of carbonyl (C=O) groups excluding carboxylic acids is 1. The van der Waals surface area contributed by atoms with Gasteiger partial charge in [0, 0.05) is 6.54 Å².